The van der Waals surface area contributed by atoms with Crippen molar-refractivity contribution in [3.8, 4) is 0 Å². The molecule has 0 rings (SSSR count). The zero-order valence-corrected chi connectivity index (χ0v) is 36.5. The van der Waals surface area contributed by atoms with Crippen LogP contribution in [0.3, 0.4) is 0 Å². The predicted molar refractivity (Wildman–Crippen MR) is 234 cm³/mol. The highest BCUT2D eigenvalue weighted by atomic mass is 31.2. The van der Waals surface area contributed by atoms with Gasteiger partial charge in [0.25, 0.3) is 0 Å². The van der Waals surface area contributed by atoms with E-state index in [2.05, 4.69) is 67.0 Å². The molecule has 0 aliphatic rings. The zero-order valence-electron chi connectivity index (χ0n) is 35.6. The number of hydrogen-bond acceptors (Lipinski definition) is 10. The van der Waals surface area contributed by atoms with E-state index in [0.717, 1.165) is 64.2 Å². The van der Waals surface area contributed by atoms with Crippen LogP contribution in [0.4, 0.5) is 0 Å². The van der Waals surface area contributed by atoms with E-state index in [0.29, 0.717) is 19.3 Å². The summed E-state index contributed by atoms with van der Waals surface area (Å²) in [6.45, 7) is 2.03. The lowest BCUT2D eigenvalue weighted by Crippen LogP contribution is -2.29. The van der Waals surface area contributed by atoms with Crippen LogP contribution in [0.15, 0.2) is 85.1 Å². The standard InChI is InChI=1S/C46H77O11P/c1-3-5-7-9-11-13-15-17-18-20-22-24-26-28-32-36-45(50)54-40-44(41-56-58(52,53)55-39-43(49)38-47)57-46(51)37-33-29-31-35-42(48)34-30-27-25-23-21-19-16-14-12-10-8-6-4-2/h6,8,12,14,17-19,21,25,27,29-31,34,42-44,47-49H,3-5,7,9-11,13,15-16,20,22-24,26,28,32-33,35-41H2,1-2H3,(H,52,53)/b8-6-,14-12-,18-17-,21-19-,27-25-,31-29-,34-30-/t42?,43-,44+/m0/s1. The Balaban J connectivity index is 4.56. The van der Waals surface area contributed by atoms with Gasteiger partial charge in [-0.2, -0.15) is 0 Å². The predicted octanol–water partition coefficient (Wildman–Crippen LogP) is 10.4. The minimum atomic E-state index is -4.67. The van der Waals surface area contributed by atoms with Crippen LogP contribution in [0, 0.1) is 0 Å². The highest BCUT2D eigenvalue weighted by Gasteiger charge is 2.27. The van der Waals surface area contributed by atoms with Crippen molar-refractivity contribution in [2.75, 3.05) is 26.4 Å². The number of unbranched alkanes of at least 4 members (excludes halogenated alkanes) is 11. The molecule has 0 radical (unpaired) electrons. The summed E-state index contributed by atoms with van der Waals surface area (Å²) in [5.41, 5.74) is 0. The van der Waals surface area contributed by atoms with Crippen molar-refractivity contribution >= 4 is 19.8 Å². The molecule has 0 saturated heterocycles. The molecular formula is C46H77O11P. The Labute approximate surface area is 350 Å². The molecule has 0 aromatic rings. The summed E-state index contributed by atoms with van der Waals surface area (Å²) in [7, 11) is -4.67. The maximum Gasteiger partial charge on any atom is 0.472 e. The van der Waals surface area contributed by atoms with Crippen LogP contribution < -0.4 is 0 Å². The molecule has 332 valence electrons. The molecule has 0 spiro atoms. The van der Waals surface area contributed by atoms with E-state index in [4.69, 9.17) is 19.1 Å². The van der Waals surface area contributed by atoms with E-state index in [1.54, 1.807) is 24.3 Å². The highest BCUT2D eigenvalue weighted by molar-refractivity contribution is 7.47. The Hall–Kier alpha value is -2.89. The van der Waals surface area contributed by atoms with Crippen LogP contribution in [-0.2, 0) is 32.7 Å². The zero-order chi connectivity index (χ0) is 42.8. The summed E-state index contributed by atoms with van der Waals surface area (Å²) in [5, 5.41) is 28.5. The second-order valence-electron chi connectivity index (χ2n) is 14.2. The number of allylic oxidation sites excluding steroid dienone is 12. The van der Waals surface area contributed by atoms with E-state index < -0.39 is 57.9 Å². The number of hydrogen-bond donors (Lipinski definition) is 4. The maximum absolute atomic E-state index is 12.6. The van der Waals surface area contributed by atoms with Gasteiger partial charge in [-0.1, -0.05) is 150 Å². The Morgan fingerprint density at radius 2 is 1.17 bits per heavy atom. The third kappa shape index (κ3) is 39.9. The second-order valence-corrected chi connectivity index (χ2v) is 15.6. The molecule has 0 heterocycles. The largest absolute Gasteiger partial charge is 0.472 e. The lowest BCUT2D eigenvalue weighted by molar-refractivity contribution is -0.161. The Morgan fingerprint density at radius 3 is 1.81 bits per heavy atom. The fourth-order valence-corrected chi connectivity index (χ4v) is 6.06. The smallest absolute Gasteiger partial charge is 0.462 e. The van der Waals surface area contributed by atoms with Gasteiger partial charge < -0.3 is 29.7 Å². The van der Waals surface area contributed by atoms with E-state index in [-0.39, 0.29) is 19.4 Å². The van der Waals surface area contributed by atoms with Crippen LogP contribution in [0.2, 0.25) is 0 Å². The molecule has 4 atom stereocenters. The topological polar surface area (TPSA) is 169 Å². The second kappa shape index (κ2) is 40.9. The van der Waals surface area contributed by atoms with Crippen LogP contribution in [-0.4, -0.2) is 76.9 Å². The van der Waals surface area contributed by atoms with E-state index in [9.17, 15) is 29.3 Å². The first-order chi connectivity index (χ1) is 28.1. The van der Waals surface area contributed by atoms with E-state index >= 15 is 0 Å². The average Bonchev–Trinajstić information content (AvgIpc) is 3.21. The SMILES string of the molecule is CC/C=C\C/C=C\C/C=C\C/C=C\C=C/C(O)C/C=C\CCC(=O)O[C@H](COC(=O)CCCCCCC/C=C\CCCCCCCC)COP(=O)(O)OC[C@@H](O)CO. The van der Waals surface area contributed by atoms with Crippen molar-refractivity contribution in [1.29, 1.82) is 0 Å². The van der Waals surface area contributed by atoms with Gasteiger partial charge in [-0.3, -0.25) is 18.6 Å². The third-order valence-corrected chi connectivity index (χ3v) is 9.58. The summed E-state index contributed by atoms with van der Waals surface area (Å²) < 4.78 is 32.5. The molecule has 12 heteroatoms. The molecule has 0 amide bonds. The number of ether oxygens (including phenoxy) is 2. The minimum Gasteiger partial charge on any atom is -0.462 e. The van der Waals surface area contributed by atoms with Crippen LogP contribution in [0.25, 0.3) is 0 Å². The number of aliphatic hydroxyl groups is 3. The summed E-state index contributed by atoms with van der Waals surface area (Å²) >= 11 is 0. The number of phosphoric acid groups is 1. The van der Waals surface area contributed by atoms with Gasteiger partial charge in [-0.25, -0.2) is 4.57 Å². The molecule has 0 aromatic carbocycles. The molecular weight excluding hydrogens is 759 g/mol. The molecule has 0 aliphatic carbocycles. The summed E-state index contributed by atoms with van der Waals surface area (Å²) in [6.07, 6.45) is 44.4. The van der Waals surface area contributed by atoms with Gasteiger partial charge in [0.05, 0.1) is 25.9 Å². The Kier molecular flexibility index (Phi) is 38.8. The number of esters is 2. The van der Waals surface area contributed by atoms with Gasteiger partial charge in [-0.15, -0.1) is 0 Å². The third-order valence-electron chi connectivity index (χ3n) is 8.63. The summed E-state index contributed by atoms with van der Waals surface area (Å²) in [6, 6.07) is 0. The van der Waals surface area contributed by atoms with Crippen molar-refractivity contribution in [3.63, 3.8) is 0 Å². The molecule has 2 unspecified atom stereocenters. The number of carbonyl (C=O) groups excluding carboxylic acids is 2. The fraction of sp³-hybridized carbons (Fsp3) is 0.652. The molecule has 4 N–H and O–H groups in total. The molecule has 11 nitrogen and oxygen atoms in total. The lowest BCUT2D eigenvalue weighted by atomic mass is 10.1. The Bertz CT molecular complexity index is 1250. The first-order valence-electron chi connectivity index (χ1n) is 21.7. The first kappa shape index (κ1) is 55.1. The van der Waals surface area contributed by atoms with Gasteiger partial charge in [0.2, 0.25) is 0 Å². The van der Waals surface area contributed by atoms with Crippen molar-refractivity contribution in [2.45, 2.75) is 167 Å². The van der Waals surface area contributed by atoms with Gasteiger partial charge in [0, 0.05) is 12.8 Å². The number of aliphatic hydroxyl groups excluding tert-OH is 3. The van der Waals surface area contributed by atoms with Crippen LogP contribution in [0.1, 0.15) is 149 Å². The van der Waals surface area contributed by atoms with Gasteiger partial charge >= 0.3 is 19.8 Å². The van der Waals surface area contributed by atoms with Crippen molar-refractivity contribution < 1.29 is 52.9 Å². The van der Waals surface area contributed by atoms with E-state index in [1.807, 2.05) is 12.2 Å². The molecule has 0 saturated carbocycles. The van der Waals surface area contributed by atoms with Gasteiger partial charge in [-0.05, 0) is 70.6 Å². The molecule has 58 heavy (non-hydrogen) atoms. The fourth-order valence-electron chi connectivity index (χ4n) is 5.27. The monoisotopic (exact) mass is 837 g/mol. The number of carbonyl (C=O) groups is 2. The van der Waals surface area contributed by atoms with Gasteiger partial charge in [0.15, 0.2) is 6.10 Å². The number of phosphoric ester groups is 1. The molecule has 0 aromatic heterocycles. The lowest BCUT2D eigenvalue weighted by Gasteiger charge is -2.20. The van der Waals surface area contributed by atoms with Crippen LogP contribution >= 0.6 is 7.82 Å². The minimum absolute atomic E-state index is 0.0280. The average molecular weight is 837 g/mol. The molecule has 0 aliphatic heterocycles. The van der Waals surface area contributed by atoms with Crippen molar-refractivity contribution in [3.05, 3.63) is 85.1 Å². The quantitative estimate of drug-likeness (QED) is 0.0153. The first-order valence-corrected chi connectivity index (χ1v) is 23.1. The van der Waals surface area contributed by atoms with Crippen LogP contribution in [0.5, 0.6) is 0 Å². The van der Waals surface area contributed by atoms with E-state index in [1.165, 1.54) is 38.5 Å². The maximum atomic E-state index is 12.6. The van der Waals surface area contributed by atoms with Crippen molar-refractivity contribution in [2.24, 2.45) is 0 Å². The molecule has 0 fully saturated rings. The molecule has 0 bridgehead atoms. The number of rotatable bonds is 39. The van der Waals surface area contributed by atoms with Crippen molar-refractivity contribution in [1.82, 2.24) is 0 Å². The highest BCUT2D eigenvalue weighted by Crippen LogP contribution is 2.43. The normalized spacial score (nSPS) is 15.2. The Morgan fingerprint density at radius 1 is 0.603 bits per heavy atom. The van der Waals surface area contributed by atoms with Gasteiger partial charge in [0.1, 0.15) is 12.7 Å². The summed E-state index contributed by atoms with van der Waals surface area (Å²) in [4.78, 5) is 35.0. The summed E-state index contributed by atoms with van der Waals surface area (Å²) in [5.74, 6) is -1.12.